The first kappa shape index (κ1) is 14.3. The fraction of sp³-hybridized carbons (Fsp3) is 1.00. The average molecular weight is 254 g/mol. The van der Waals surface area contributed by atoms with Crippen molar-refractivity contribution in [1.29, 1.82) is 0 Å². The smallest absolute Gasteiger partial charge is 0.0619 e. The predicted octanol–water partition coefficient (Wildman–Crippen LogP) is 2.27. The Hall–Kier alpha value is -0.120. The fourth-order valence-corrected chi connectivity index (χ4v) is 3.46. The summed E-state index contributed by atoms with van der Waals surface area (Å²) in [7, 11) is 0. The zero-order valence-electron chi connectivity index (χ0n) is 12.2. The van der Waals surface area contributed by atoms with Crippen molar-refractivity contribution in [2.24, 2.45) is 5.92 Å². The lowest BCUT2D eigenvalue weighted by Gasteiger charge is -2.39. The Morgan fingerprint density at radius 2 is 2.06 bits per heavy atom. The van der Waals surface area contributed by atoms with Gasteiger partial charge in [0, 0.05) is 25.2 Å². The molecule has 0 amide bonds. The summed E-state index contributed by atoms with van der Waals surface area (Å²) in [6.45, 7) is 9.76. The van der Waals surface area contributed by atoms with E-state index in [1.807, 2.05) is 0 Å². The highest BCUT2D eigenvalue weighted by atomic mass is 16.5. The number of hydrogen-bond acceptors (Lipinski definition) is 3. The zero-order chi connectivity index (χ0) is 12.8. The number of likely N-dealkylation sites (N-methyl/N-ethyl adjacent to an activating group) is 1. The molecule has 1 heterocycles. The van der Waals surface area contributed by atoms with Gasteiger partial charge in [0.15, 0.2) is 0 Å². The lowest BCUT2D eigenvalue weighted by Crippen LogP contribution is -2.52. The van der Waals surface area contributed by atoms with Crippen LogP contribution in [0.3, 0.4) is 0 Å². The van der Waals surface area contributed by atoms with Gasteiger partial charge in [0.25, 0.3) is 0 Å². The second kappa shape index (κ2) is 7.46. The third-order valence-corrected chi connectivity index (χ3v) is 4.62. The summed E-state index contributed by atoms with van der Waals surface area (Å²) < 4.78 is 5.54. The van der Waals surface area contributed by atoms with E-state index in [9.17, 15) is 0 Å². The minimum atomic E-state index is 0.587. The molecule has 1 aliphatic carbocycles. The normalized spacial score (nSPS) is 29.3. The highest BCUT2D eigenvalue weighted by Crippen LogP contribution is 2.27. The zero-order valence-corrected chi connectivity index (χ0v) is 12.2. The van der Waals surface area contributed by atoms with Crippen molar-refractivity contribution in [3.05, 3.63) is 0 Å². The molecule has 3 heteroatoms. The Kier molecular flexibility index (Phi) is 5.93. The number of morpholine rings is 1. The summed E-state index contributed by atoms with van der Waals surface area (Å²) in [5.41, 5.74) is 0. The van der Waals surface area contributed by atoms with Crippen LogP contribution in [0.5, 0.6) is 0 Å². The maximum absolute atomic E-state index is 5.54. The van der Waals surface area contributed by atoms with Crippen molar-refractivity contribution in [2.75, 3.05) is 32.8 Å². The molecule has 0 aromatic rings. The van der Waals surface area contributed by atoms with Gasteiger partial charge in [0.05, 0.1) is 13.2 Å². The SMILES string of the molecule is CCNC(CN1CCOCC1C)C1CCCCC1. The van der Waals surface area contributed by atoms with E-state index < -0.39 is 0 Å². The fourth-order valence-electron chi connectivity index (χ4n) is 3.46. The van der Waals surface area contributed by atoms with Crippen molar-refractivity contribution in [2.45, 2.75) is 58.0 Å². The number of hydrogen-bond donors (Lipinski definition) is 1. The number of nitrogens with zero attached hydrogens (tertiary/aromatic N) is 1. The van der Waals surface area contributed by atoms with E-state index in [2.05, 4.69) is 24.1 Å². The molecule has 1 N–H and O–H groups in total. The second-order valence-electron chi connectivity index (χ2n) is 5.98. The van der Waals surface area contributed by atoms with Gasteiger partial charge in [0.2, 0.25) is 0 Å². The molecule has 0 aromatic carbocycles. The molecule has 106 valence electrons. The Morgan fingerprint density at radius 1 is 1.28 bits per heavy atom. The van der Waals surface area contributed by atoms with E-state index in [0.717, 1.165) is 32.2 Å². The summed E-state index contributed by atoms with van der Waals surface area (Å²) in [4.78, 5) is 2.62. The molecule has 3 nitrogen and oxygen atoms in total. The van der Waals surface area contributed by atoms with Gasteiger partial charge >= 0.3 is 0 Å². The molecule has 0 radical (unpaired) electrons. The molecule has 18 heavy (non-hydrogen) atoms. The van der Waals surface area contributed by atoms with Crippen molar-refractivity contribution >= 4 is 0 Å². The van der Waals surface area contributed by atoms with Gasteiger partial charge < -0.3 is 10.1 Å². The molecule has 0 aromatic heterocycles. The second-order valence-corrected chi connectivity index (χ2v) is 5.98. The summed E-state index contributed by atoms with van der Waals surface area (Å²) in [6.07, 6.45) is 7.17. The number of rotatable bonds is 5. The quantitative estimate of drug-likeness (QED) is 0.814. The molecule has 2 rings (SSSR count). The third kappa shape index (κ3) is 3.94. The van der Waals surface area contributed by atoms with Gasteiger partial charge in [-0.25, -0.2) is 0 Å². The highest BCUT2D eigenvalue weighted by Gasteiger charge is 2.27. The van der Waals surface area contributed by atoms with E-state index in [4.69, 9.17) is 4.74 Å². The molecule has 1 saturated heterocycles. The summed E-state index contributed by atoms with van der Waals surface area (Å²) in [5.74, 6) is 0.897. The molecule has 2 fully saturated rings. The van der Waals surface area contributed by atoms with E-state index in [1.165, 1.54) is 38.6 Å². The minimum Gasteiger partial charge on any atom is -0.379 e. The maximum Gasteiger partial charge on any atom is 0.0619 e. The Balaban J connectivity index is 1.87. The largest absolute Gasteiger partial charge is 0.379 e. The highest BCUT2D eigenvalue weighted by molar-refractivity contribution is 4.84. The van der Waals surface area contributed by atoms with Gasteiger partial charge in [-0.2, -0.15) is 0 Å². The van der Waals surface area contributed by atoms with E-state index in [-0.39, 0.29) is 0 Å². The Morgan fingerprint density at radius 3 is 2.72 bits per heavy atom. The van der Waals surface area contributed by atoms with Crippen LogP contribution in [0.4, 0.5) is 0 Å². The summed E-state index contributed by atoms with van der Waals surface area (Å²) in [6, 6.07) is 1.28. The molecule has 1 aliphatic heterocycles. The Bertz CT molecular complexity index is 226. The molecular formula is C15H30N2O. The molecule has 1 saturated carbocycles. The van der Waals surface area contributed by atoms with E-state index in [1.54, 1.807) is 0 Å². The molecule has 2 aliphatic rings. The van der Waals surface area contributed by atoms with Crippen LogP contribution in [0.25, 0.3) is 0 Å². The summed E-state index contributed by atoms with van der Waals surface area (Å²) >= 11 is 0. The maximum atomic E-state index is 5.54. The predicted molar refractivity (Wildman–Crippen MR) is 75.9 cm³/mol. The van der Waals surface area contributed by atoms with Gasteiger partial charge in [0.1, 0.15) is 0 Å². The van der Waals surface area contributed by atoms with Crippen LogP contribution < -0.4 is 5.32 Å². The van der Waals surface area contributed by atoms with Crippen LogP contribution in [-0.2, 0) is 4.74 Å². The van der Waals surface area contributed by atoms with Gasteiger partial charge in [-0.15, -0.1) is 0 Å². The monoisotopic (exact) mass is 254 g/mol. The van der Waals surface area contributed by atoms with Gasteiger partial charge in [-0.3, -0.25) is 4.90 Å². The molecule has 2 atom stereocenters. The van der Waals surface area contributed by atoms with E-state index in [0.29, 0.717) is 12.1 Å². The van der Waals surface area contributed by atoms with Crippen LogP contribution in [0, 0.1) is 5.92 Å². The van der Waals surface area contributed by atoms with Crippen molar-refractivity contribution in [3.8, 4) is 0 Å². The van der Waals surface area contributed by atoms with Crippen LogP contribution >= 0.6 is 0 Å². The molecule has 0 bridgehead atoms. The van der Waals surface area contributed by atoms with Crippen molar-refractivity contribution < 1.29 is 4.74 Å². The van der Waals surface area contributed by atoms with Gasteiger partial charge in [-0.05, 0) is 32.2 Å². The third-order valence-electron chi connectivity index (χ3n) is 4.62. The van der Waals surface area contributed by atoms with Crippen LogP contribution in [-0.4, -0.2) is 49.8 Å². The lowest BCUT2D eigenvalue weighted by atomic mass is 9.83. The molecule has 2 unspecified atom stereocenters. The van der Waals surface area contributed by atoms with Gasteiger partial charge in [-0.1, -0.05) is 26.2 Å². The van der Waals surface area contributed by atoms with Crippen molar-refractivity contribution in [3.63, 3.8) is 0 Å². The molecule has 0 spiro atoms. The lowest BCUT2D eigenvalue weighted by molar-refractivity contribution is -0.00841. The standard InChI is InChI=1S/C15H30N2O/c1-3-16-15(14-7-5-4-6-8-14)11-17-9-10-18-12-13(17)2/h13-16H,3-12H2,1-2H3. The number of ether oxygens (including phenoxy) is 1. The van der Waals surface area contributed by atoms with Crippen LogP contribution in [0.2, 0.25) is 0 Å². The first-order valence-corrected chi connectivity index (χ1v) is 7.86. The number of nitrogens with one attached hydrogen (secondary N) is 1. The minimum absolute atomic E-state index is 0.587. The first-order chi connectivity index (χ1) is 8.81. The van der Waals surface area contributed by atoms with Crippen molar-refractivity contribution in [1.82, 2.24) is 10.2 Å². The van der Waals surface area contributed by atoms with Crippen LogP contribution in [0.15, 0.2) is 0 Å². The average Bonchev–Trinajstić information content (AvgIpc) is 2.42. The first-order valence-electron chi connectivity index (χ1n) is 7.86. The van der Waals surface area contributed by atoms with E-state index >= 15 is 0 Å². The molecular weight excluding hydrogens is 224 g/mol. The topological polar surface area (TPSA) is 24.5 Å². The van der Waals surface area contributed by atoms with Crippen LogP contribution in [0.1, 0.15) is 46.0 Å². The summed E-state index contributed by atoms with van der Waals surface area (Å²) in [5, 5.41) is 3.74. The Labute approximate surface area is 112 Å².